The van der Waals surface area contributed by atoms with Crippen LogP contribution in [0, 0.1) is 0 Å². The Balaban J connectivity index is 2.93. The van der Waals surface area contributed by atoms with E-state index >= 15 is 0 Å². The van der Waals surface area contributed by atoms with Gasteiger partial charge in [0.15, 0.2) is 0 Å². The van der Waals surface area contributed by atoms with Crippen molar-refractivity contribution in [3.05, 3.63) is 0 Å². The second-order valence-corrected chi connectivity index (χ2v) is 2.79. The van der Waals surface area contributed by atoms with Gasteiger partial charge in [0.05, 0.1) is 1.37 Å². The summed E-state index contributed by atoms with van der Waals surface area (Å²) in [5.74, 6) is 0. The number of hydrogen-bond donors (Lipinski definition) is 6. The van der Waals surface area contributed by atoms with Gasteiger partial charge in [0, 0.05) is 0 Å². The minimum atomic E-state index is -2.78. The lowest BCUT2D eigenvalue weighted by molar-refractivity contribution is -0.223. The Morgan fingerprint density at radius 2 is 0.833 bits per heavy atom. The molecule has 0 aromatic rings. The molecule has 0 amide bonds. The van der Waals surface area contributed by atoms with Crippen LogP contribution in [0.4, 0.5) is 0 Å². The fourth-order valence-electron chi connectivity index (χ4n) is 1.10. The summed E-state index contributed by atoms with van der Waals surface area (Å²) in [6.07, 6.45) is -12.3. The van der Waals surface area contributed by atoms with Gasteiger partial charge >= 0.3 is 0 Å². The van der Waals surface area contributed by atoms with Crippen molar-refractivity contribution in [2.45, 2.75) is 36.6 Å². The summed E-state index contributed by atoms with van der Waals surface area (Å²) < 4.78 is 7.01. The first-order valence-electron chi connectivity index (χ1n) is 3.93. The topological polar surface area (TPSA) is 121 Å². The van der Waals surface area contributed by atoms with E-state index in [1.165, 1.54) is 0 Å². The minimum Gasteiger partial charge on any atom is -0.387 e. The molecular formula is C6H12O6. The molecule has 0 bridgehead atoms. The summed E-state index contributed by atoms with van der Waals surface area (Å²) in [5.41, 5.74) is 0. The van der Waals surface area contributed by atoms with E-state index in [9.17, 15) is 0 Å². The van der Waals surface area contributed by atoms with Gasteiger partial charge in [-0.1, -0.05) is 0 Å². The molecule has 1 aliphatic carbocycles. The molecule has 6 nitrogen and oxygen atoms in total. The Morgan fingerprint density at radius 1 is 0.583 bits per heavy atom. The highest BCUT2D eigenvalue weighted by atomic mass is 16.4. The fourth-order valence-corrected chi connectivity index (χ4v) is 1.10. The average molecular weight is 182 g/mol. The third-order valence-corrected chi connectivity index (χ3v) is 1.95. The lowest BCUT2D eigenvalue weighted by Crippen LogP contribution is -2.63. The van der Waals surface area contributed by atoms with E-state index in [1.807, 2.05) is 0 Å². The van der Waals surface area contributed by atoms with Gasteiger partial charge < -0.3 is 30.6 Å². The Hall–Kier alpha value is -0.240. The van der Waals surface area contributed by atoms with Crippen LogP contribution >= 0.6 is 0 Å². The predicted molar refractivity (Wildman–Crippen MR) is 36.0 cm³/mol. The Morgan fingerprint density at radius 3 is 1.17 bits per heavy atom. The van der Waals surface area contributed by atoms with Crippen molar-refractivity contribution >= 4 is 0 Å². The van der Waals surface area contributed by atoms with E-state index in [0.29, 0.717) is 0 Å². The summed E-state index contributed by atoms with van der Waals surface area (Å²) in [5, 5.41) is 54.2. The molecule has 12 heavy (non-hydrogen) atoms. The van der Waals surface area contributed by atoms with E-state index in [4.69, 9.17) is 32.0 Å². The molecule has 1 saturated carbocycles. The summed E-state index contributed by atoms with van der Waals surface area (Å²) in [7, 11) is 0. The molecule has 0 radical (unpaired) electrons. The maximum atomic E-state index is 9.11. The lowest BCUT2D eigenvalue weighted by Gasteiger charge is -2.39. The van der Waals surface area contributed by atoms with Crippen molar-refractivity contribution in [1.29, 1.82) is 0 Å². The second-order valence-electron chi connectivity index (χ2n) is 2.79. The fraction of sp³-hybridized carbons (Fsp3) is 1.00. The van der Waals surface area contributed by atoms with Crippen molar-refractivity contribution in [3.8, 4) is 0 Å². The molecule has 1 rings (SSSR count). The standard InChI is InChI=1S/C6H12O6/c7-1-2(8)4(10)6(12)5(11)3(1)9/h1-12H/t1-,2-,3?,4?,5-,6-/i1T/t1?,2-,3+,4+,5-,6?. The molecule has 0 spiro atoms. The van der Waals surface area contributed by atoms with Crippen molar-refractivity contribution in [2.24, 2.45) is 0 Å². The predicted octanol–water partition coefficient (Wildman–Crippen LogP) is -3.83. The zero-order valence-corrected chi connectivity index (χ0v) is 6.07. The summed E-state index contributed by atoms with van der Waals surface area (Å²) in [4.78, 5) is 0. The molecule has 1 aliphatic rings. The number of aliphatic hydroxyl groups is 6. The zero-order valence-electron chi connectivity index (χ0n) is 7.07. The molecule has 2 unspecified atom stereocenters. The second kappa shape index (κ2) is 3.25. The zero-order chi connectivity index (χ0) is 10.4. The monoisotopic (exact) mass is 182 g/mol. The van der Waals surface area contributed by atoms with Crippen LogP contribution < -0.4 is 0 Å². The molecule has 0 aromatic heterocycles. The maximum Gasteiger partial charge on any atom is 0.111 e. The first-order valence-corrected chi connectivity index (χ1v) is 3.43. The first-order chi connectivity index (χ1) is 5.80. The molecule has 0 saturated heterocycles. The normalized spacial score (nSPS) is 62.8. The quantitative estimate of drug-likeness (QED) is 0.228. The van der Waals surface area contributed by atoms with Gasteiger partial charge in [-0.05, 0) is 0 Å². The van der Waals surface area contributed by atoms with Crippen LogP contribution in [-0.4, -0.2) is 67.2 Å². The summed E-state index contributed by atoms with van der Waals surface area (Å²) in [6, 6.07) is 0. The number of hydrogen-bond acceptors (Lipinski definition) is 6. The van der Waals surface area contributed by atoms with Gasteiger partial charge in [-0.15, -0.1) is 0 Å². The molecule has 1 fully saturated rings. The largest absolute Gasteiger partial charge is 0.387 e. The van der Waals surface area contributed by atoms with E-state index in [0.717, 1.165) is 0 Å². The van der Waals surface area contributed by atoms with Crippen molar-refractivity contribution < 1.29 is 32.0 Å². The molecule has 6 N–H and O–H groups in total. The average Bonchev–Trinajstić information content (AvgIpc) is 2.09. The van der Waals surface area contributed by atoms with Gasteiger partial charge in [0.1, 0.15) is 36.6 Å². The van der Waals surface area contributed by atoms with Gasteiger partial charge in [-0.2, -0.15) is 0 Å². The molecule has 0 aliphatic heterocycles. The SMILES string of the molecule is [3H]C1(O)[C@H](O)[C@@H](O)C(O)[C@@H](O)[C@@H]1O. The summed E-state index contributed by atoms with van der Waals surface area (Å²) in [6.45, 7) is 0. The van der Waals surface area contributed by atoms with E-state index in [2.05, 4.69) is 0 Å². The van der Waals surface area contributed by atoms with Crippen LogP contribution in [0.2, 0.25) is 0 Å². The minimum absolute atomic E-state index is 1.78. The molecular weight excluding hydrogens is 168 g/mol. The van der Waals surface area contributed by atoms with Gasteiger partial charge in [-0.25, -0.2) is 0 Å². The van der Waals surface area contributed by atoms with Crippen LogP contribution in [0.25, 0.3) is 0 Å². The van der Waals surface area contributed by atoms with Crippen LogP contribution in [0.3, 0.4) is 0 Å². The van der Waals surface area contributed by atoms with Crippen molar-refractivity contribution in [2.75, 3.05) is 0 Å². The molecule has 6 heteroatoms. The van der Waals surface area contributed by atoms with Crippen LogP contribution in [0.15, 0.2) is 0 Å². The number of aliphatic hydroxyl groups excluding tert-OH is 5. The molecule has 0 aromatic carbocycles. The lowest BCUT2D eigenvalue weighted by atomic mass is 9.85. The smallest absolute Gasteiger partial charge is 0.111 e. The first kappa shape index (κ1) is 8.36. The summed E-state index contributed by atoms with van der Waals surface area (Å²) >= 11 is 0. The highest BCUT2D eigenvalue weighted by Crippen LogP contribution is 2.20. The molecule has 72 valence electrons. The third kappa shape index (κ3) is 1.33. The Kier molecular flexibility index (Phi) is 2.26. The molecule has 0 heterocycles. The molecule has 6 atom stereocenters. The Labute approximate surface area is 69.7 Å². The van der Waals surface area contributed by atoms with Crippen molar-refractivity contribution in [3.63, 3.8) is 0 Å². The van der Waals surface area contributed by atoms with E-state index in [-0.39, 0.29) is 0 Å². The van der Waals surface area contributed by atoms with Crippen molar-refractivity contribution in [1.82, 2.24) is 0 Å². The van der Waals surface area contributed by atoms with Gasteiger partial charge in [0.2, 0.25) is 0 Å². The van der Waals surface area contributed by atoms with E-state index in [1.54, 1.807) is 0 Å². The maximum absolute atomic E-state index is 9.11. The number of rotatable bonds is 0. The van der Waals surface area contributed by atoms with Gasteiger partial charge in [0.25, 0.3) is 0 Å². The van der Waals surface area contributed by atoms with Gasteiger partial charge in [-0.3, -0.25) is 0 Å². The highest BCUT2D eigenvalue weighted by molar-refractivity contribution is 4.98. The highest BCUT2D eigenvalue weighted by Gasteiger charge is 2.47. The third-order valence-electron chi connectivity index (χ3n) is 1.95. The van der Waals surface area contributed by atoms with Crippen LogP contribution in [0.1, 0.15) is 1.37 Å². The van der Waals surface area contributed by atoms with Crippen LogP contribution in [-0.2, 0) is 0 Å². The Bertz CT molecular complexity index is 180. The van der Waals surface area contributed by atoms with Crippen LogP contribution in [0.5, 0.6) is 0 Å². The van der Waals surface area contributed by atoms with E-state index < -0.39 is 36.6 Å².